The largest absolute Gasteiger partial charge is 0.430 e. The molecule has 0 N–H and O–H groups in total. The molecule has 1 unspecified atom stereocenters. The maximum atomic E-state index is 11.5. The molecule has 14 heavy (non-hydrogen) atoms. The van der Waals surface area contributed by atoms with Gasteiger partial charge in [0.25, 0.3) is 0 Å². The third kappa shape index (κ3) is 1.82. The first-order chi connectivity index (χ1) is 6.81. The van der Waals surface area contributed by atoms with E-state index in [1.54, 1.807) is 0 Å². The van der Waals surface area contributed by atoms with E-state index in [1.165, 1.54) is 0 Å². The van der Waals surface area contributed by atoms with Crippen molar-refractivity contribution < 1.29 is 9.53 Å². The average Bonchev–Trinajstić information content (AvgIpc) is 2.61. The molecule has 3 heteroatoms. The highest BCUT2D eigenvalue weighted by molar-refractivity contribution is 14.1. The summed E-state index contributed by atoms with van der Waals surface area (Å²) in [5.41, 5.74) is 1.03. The third-order valence-corrected chi connectivity index (χ3v) is 2.94. The van der Waals surface area contributed by atoms with Crippen LogP contribution in [0.4, 0.5) is 0 Å². The number of hydrogen-bond donors (Lipinski definition) is 0. The van der Waals surface area contributed by atoms with E-state index in [0.717, 1.165) is 11.3 Å². The van der Waals surface area contributed by atoms with Gasteiger partial charge in [-0.2, -0.15) is 0 Å². The Labute approximate surface area is 96.1 Å². The number of cyclic esters (lactones) is 1. The highest BCUT2D eigenvalue weighted by atomic mass is 127. The Morgan fingerprint density at radius 2 is 2.07 bits per heavy atom. The van der Waals surface area contributed by atoms with Crippen molar-refractivity contribution in [1.82, 2.24) is 0 Å². The first-order valence-electron chi connectivity index (χ1n) is 4.37. The van der Waals surface area contributed by atoms with E-state index in [2.05, 4.69) is 22.6 Å². The van der Waals surface area contributed by atoms with Gasteiger partial charge < -0.3 is 4.74 Å². The van der Waals surface area contributed by atoms with Crippen molar-refractivity contribution in [2.24, 2.45) is 0 Å². The van der Waals surface area contributed by atoms with Gasteiger partial charge in [0, 0.05) is 10.5 Å². The Morgan fingerprint density at radius 1 is 1.36 bits per heavy atom. The van der Waals surface area contributed by atoms with E-state index in [1.807, 2.05) is 34.4 Å². The van der Waals surface area contributed by atoms with Crippen LogP contribution >= 0.6 is 22.6 Å². The molecule has 1 saturated heterocycles. The van der Waals surface area contributed by atoms with Crippen LogP contribution in [0.5, 0.6) is 0 Å². The lowest BCUT2D eigenvalue weighted by Gasteiger charge is -2.03. The van der Waals surface area contributed by atoms with Crippen molar-refractivity contribution in [1.29, 1.82) is 0 Å². The van der Waals surface area contributed by atoms with Crippen molar-refractivity contribution in [2.45, 2.75) is 12.3 Å². The second kappa shape index (κ2) is 4.13. The van der Waals surface area contributed by atoms with Gasteiger partial charge in [0.2, 0.25) is 0 Å². The monoisotopic (exact) mass is 300 g/mol. The number of esters is 1. The quantitative estimate of drug-likeness (QED) is 0.589. The predicted molar refractivity (Wildman–Crippen MR) is 62.0 cm³/mol. The SMILES string of the molecule is O=C1O/C(=C/I)CC1c1ccccc1. The van der Waals surface area contributed by atoms with Crippen LogP contribution in [0, 0.1) is 0 Å². The molecule has 1 atom stereocenters. The zero-order chi connectivity index (χ0) is 9.97. The molecule has 0 spiro atoms. The third-order valence-electron chi connectivity index (χ3n) is 2.25. The molecule has 0 saturated carbocycles. The first kappa shape index (κ1) is 9.71. The number of benzene rings is 1. The minimum atomic E-state index is -0.140. The topological polar surface area (TPSA) is 26.3 Å². The van der Waals surface area contributed by atoms with Gasteiger partial charge >= 0.3 is 5.97 Å². The Bertz CT molecular complexity index is 370. The van der Waals surface area contributed by atoms with Crippen LogP contribution in [-0.2, 0) is 9.53 Å². The maximum Gasteiger partial charge on any atom is 0.318 e. The first-order valence-corrected chi connectivity index (χ1v) is 5.61. The van der Waals surface area contributed by atoms with E-state index < -0.39 is 0 Å². The molecule has 2 rings (SSSR count). The standard InChI is InChI=1S/C11H9IO2/c12-7-9-6-10(11(13)14-9)8-4-2-1-3-5-8/h1-5,7,10H,6H2/b9-7+. The maximum absolute atomic E-state index is 11.5. The number of carbonyl (C=O) groups excluding carboxylic acids is 1. The van der Waals surface area contributed by atoms with Crippen LogP contribution in [0.1, 0.15) is 17.9 Å². The van der Waals surface area contributed by atoms with Gasteiger partial charge in [-0.25, -0.2) is 0 Å². The molecule has 72 valence electrons. The second-order valence-corrected chi connectivity index (χ2v) is 3.79. The van der Waals surface area contributed by atoms with Crippen LogP contribution in [0.2, 0.25) is 0 Å². The summed E-state index contributed by atoms with van der Waals surface area (Å²) in [5.74, 6) is 0.515. The van der Waals surface area contributed by atoms with Crippen molar-refractivity contribution >= 4 is 28.6 Å². The summed E-state index contributed by atoms with van der Waals surface area (Å²) < 4.78 is 6.91. The van der Waals surface area contributed by atoms with Gasteiger partial charge in [0.15, 0.2) is 0 Å². The fourth-order valence-corrected chi connectivity index (χ4v) is 1.91. The van der Waals surface area contributed by atoms with Gasteiger partial charge in [-0.1, -0.05) is 30.3 Å². The van der Waals surface area contributed by atoms with Crippen molar-refractivity contribution in [3.05, 3.63) is 45.7 Å². The van der Waals surface area contributed by atoms with Crippen molar-refractivity contribution in [3.63, 3.8) is 0 Å². The van der Waals surface area contributed by atoms with E-state index >= 15 is 0 Å². The predicted octanol–water partition coefficient (Wildman–Crippen LogP) is 2.99. The van der Waals surface area contributed by atoms with E-state index in [4.69, 9.17) is 4.74 Å². The van der Waals surface area contributed by atoms with Crippen LogP contribution < -0.4 is 0 Å². The molecule has 1 aliphatic rings. The number of carbonyl (C=O) groups is 1. The summed E-state index contributed by atoms with van der Waals surface area (Å²) in [5, 5.41) is 0. The number of ether oxygens (including phenoxy) is 1. The molecule has 0 aliphatic carbocycles. The smallest absolute Gasteiger partial charge is 0.318 e. The van der Waals surface area contributed by atoms with Crippen LogP contribution in [0.3, 0.4) is 0 Å². The molecule has 1 fully saturated rings. The van der Waals surface area contributed by atoms with Crippen LogP contribution in [-0.4, -0.2) is 5.97 Å². The summed E-state index contributed by atoms with van der Waals surface area (Å²) in [4.78, 5) is 11.5. The van der Waals surface area contributed by atoms with Gasteiger partial charge in [0.1, 0.15) is 5.76 Å². The molecule has 0 radical (unpaired) electrons. The lowest BCUT2D eigenvalue weighted by molar-refractivity contribution is -0.136. The lowest BCUT2D eigenvalue weighted by atomic mass is 9.97. The summed E-state index contributed by atoms with van der Waals surface area (Å²) >= 11 is 2.09. The Hall–Kier alpha value is -0.840. The molecular weight excluding hydrogens is 291 g/mol. The van der Waals surface area contributed by atoms with Gasteiger partial charge in [-0.05, 0) is 28.2 Å². The Morgan fingerprint density at radius 3 is 2.64 bits per heavy atom. The van der Waals surface area contributed by atoms with Crippen molar-refractivity contribution in [3.8, 4) is 0 Å². The highest BCUT2D eigenvalue weighted by Crippen LogP contribution is 2.33. The number of allylic oxidation sites excluding steroid dienone is 1. The summed E-state index contributed by atoms with van der Waals surface area (Å²) in [6, 6.07) is 9.74. The second-order valence-electron chi connectivity index (χ2n) is 3.16. The summed E-state index contributed by atoms with van der Waals surface area (Å²) in [6.07, 6.45) is 0.686. The molecule has 0 amide bonds. The molecular formula is C11H9IO2. The van der Waals surface area contributed by atoms with E-state index in [-0.39, 0.29) is 11.9 Å². The zero-order valence-electron chi connectivity index (χ0n) is 7.44. The molecule has 1 aromatic rings. The molecule has 2 nitrogen and oxygen atoms in total. The van der Waals surface area contributed by atoms with E-state index in [0.29, 0.717) is 6.42 Å². The fourth-order valence-electron chi connectivity index (χ4n) is 1.53. The van der Waals surface area contributed by atoms with Crippen molar-refractivity contribution in [2.75, 3.05) is 0 Å². The van der Waals surface area contributed by atoms with Crippen LogP contribution in [0.25, 0.3) is 0 Å². The Kier molecular flexibility index (Phi) is 2.86. The number of hydrogen-bond acceptors (Lipinski definition) is 2. The molecule has 0 aromatic heterocycles. The van der Waals surface area contributed by atoms with Gasteiger partial charge in [-0.3, -0.25) is 4.79 Å². The minimum Gasteiger partial charge on any atom is -0.430 e. The number of halogens is 1. The summed E-state index contributed by atoms with van der Waals surface area (Å²) in [7, 11) is 0. The zero-order valence-corrected chi connectivity index (χ0v) is 9.60. The Balaban J connectivity index is 2.25. The minimum absolute atomic E-state index is 0.114. The molecule has 0 bridgehead atoms. The number of rotatable bonds is 1. The average molecular weight is 300 g/mol. The summed E-state index contributed by atoms with van der Waals surface area (Å²) in [6.45, 7) is 0. The van der Waals surface area contributed by atoms with Gasteiger partial charge in [-0.15, -0.1) is 0 Å². The molecule has 1 heterocycles. The fraction of sp³-hybridized carbons (Fsp3) is 0.182. The molecule has 1 aliphatic heterocycles. The van der Waals surface area contributed by atoms with Crippen LogP contribution in [0.15, 0.2) is 40.2 Å². The lowest BCUT2D eigenvalue weighted by Crippen LogP contribution is -2.04. The normalized spacial score (nSPS) is 23.9. The highest BCUT2D eigenvalue weighted by Gasteiger charge is 2.31. The van der Waals surface area contributed by atoms with Gasteiger partial charge in [0.05, 0.1) is 5.92 Å². The molecule has 1 aromatic carbocycles. The van der Waals surface area contributed by atoms with E-state index in [9.17, 15) is 4.79 Å².